The molecule has 32 heavy (non-hydrogen) atoms. The molecule has 2 aromatic heterocycles. The van der Waals surface area contributed by atoms with Gasteiger partial charge in [-0.1, -0.05) is 18.2 Å². The third-order valence-electron chi connectivity index (χ3n) is 5.73. The van der Waals surface area contributed by atoms with Crippen molar-refractivity contribution in [3.8, 4) is 11.4 Å². The van der Waals surface area contributed by atoms with Gasteiger partial charge >= 0.3 is 0 Å². The first-order chi connectivity index (χ1) is 15.6. The van der Waals surface area contributed by atoms with Gasteiger partial charge in [0.1, 0.15) is 23.3 Å². The van der Waals surface area contributed by atoms with Gasteiger partial charge in [-0.05, 0) is 61.7 Å². The Morgan fingerprint density at radius 1 is 1.34 bits per heavy atom. The van der Waals surface area contributed by atoms with E-state index in [1.165, 1.54) is 6.07 Å². The van der Waals surface area contributed by atoms with Crippen molar-refractivity contribution in [2.75, 3.05) is 24.7 Å². The smallest absolute Gasteiger partial charge is 0.130 e. The number of pyridine rings is 1. The van der Waals surface area contributed by atoms with Crippen molar-refractivity contribution >= 4 is 17.7 Å². The van der Waals surface area contributed by atoms with E-state index in [0.717, 1.165) is 48.7 Å². The van der Waals surface area contributed by atoms with Crippen LogP contribution in [0.1, 0.15) is 37.2 Å². The first kappa shape index (κ1) is 21.7. The van der Waals surface area contributed by atoms with Crippen LogP contribution in [0.2, 0.25) is 0 Å². The number of hydrogen-bond acceptors (Lipinski definition) is 5. The van der Waals surface area contributed by atoms with Gasteiger partial charge in [0, 0.05) is 13.1 Å². The molecule has 166 valence electrons. The molecule has 4 rings (SSSR count). The van der Waals surface area contributed by atoms with E-state index in [2.05, 4.69) is 15.0 Å². The third-order valence-corrected chi connectivity index (χ3v) is 5.73. The number of H-pyrrole nitrogens is 1. The Morgan fingerprint density at radius 2 is 2.19 bits per heavy atom. The Kier molecular flexibility index (Phi) is 6.61. The summed E-state index contributed by atoms with van der Waals surface area (Å²) in [5, 5.41) is 8.53. The maximum Gasteiger partial charge on any atom is 0.130 e. The normalized spacial score (nSPS) is 16.1. The summed E-state index contributed by atoms with van der Waals surface area (Å²) in [4.78, 5) is 16.3. The van der Waals surface area contributed by atoms with Gasteiger partial charge in [0.2, 0.25) is 0 Å². The zero-order valence-electron chi connectivity index (χ0n) is 18.1. The molecule has 1 saturated heterocycles. The fraction of sp³-hybridized carbons (Fsp3) is 0.292. The lowest BCUT2D eigenvalue weighted by atomic mass is 10.0. The number of hydrogen-bond donors (Lipinski definition) is 3. The topological polar surface area (TPSA) is 97.9 Å². The monoisotopic (exact) mass is 433 g/mol. The highest BCUT2D eigenvalue weighted by Crippen LogP contribution is 2.32. The molecule has 0 bridgehead atoms. The van der Waals surface area contributed by atoms with Crippen LogP contribution in [-0.2, 0) is 0 Å². The number of benzene rings is 1. The van der Waals surface area contributed by atoms with Crippen molar-refractivity contribution in [1.82, 2.24) is 19.9 Å². The third kappa shape index (κ3) is 4.70. The SMILES string of the molecule is CCN(CN)c1cccc(-c2cnc(/C=C\C(=N)N3CCC[C@@H]3c3cccc(F)c3)[nH]2)n1. The zero-order valence-corrected chi connectivity index (χ0v) is 18.1. The lowest BCUT2D eigenvalue weighted by Gasteiger charge is -2.26. The van der Waals surface area contributed by atoms with Crippen LogP contribution in [0, 0.1) is 11.2 Å². The first-order valence-electron chi connectivity index (χ1n) is 10.8. The van der Waals surface area contributed by atoms with Crippen molar-refractivity contribution in [2.24, 2.45) is 5.73 Å². The summed E-state index contributed by atoms with van der Waals surface area (Å²) in [6.07, 6.45) is 7.14. The average molecular weight is 434 g/mol. The van der Waals surface area contributed by atoms with E-state index in [1.807, 2.05) is 41.0 Å². The van der Waals surface area contributed by atoms with E-state index in [9.17, 15) is 4.39 Å². The van der Waals surface area contributed by atoms with Crippen molar-refractivity contribution in [3.05, 3.63) is 71.9 Å². The number of anilines is 1. The van der Waals surface area contributed by atoms with Crippen LogP contribution in [0.15, 0.2) is 54.7 Å². The van der Waals surface area contributed by atoms with Crippen LogP contribution in [0.25, 0.3) is 17.5 Å². The first-order valence-corrected chi connectivity index (χ1v) is 10.8. The standard InChI is InChI=1S/C24H28FN7/c1-2-31(16-26)24-10-4-8-19(30-24)20-15-28-23(29-20)12-11-22(27)32-13-5-9-21(32)17-6-3-7-18(25)14-17/h3-4,6-8,10-12,14-15,21,27H,2,5,9,13,16,26H2,1H3,(H,28,29)/b12-11-,27-22?/t21-/m1/s1. The Labute approximate surface area is 187 Å². The Morgan fingerprint density at radius 3 is 2.97 bits per heavy atom. The minimum atomic E-state index is -0.245. The Bertz CT molecular complexity index is 1100. The average Bonchev–Trinajstić information content (AvgIpc) is 3.49. The molecule has 1 fully saturated rings. The number of amidine groups is 1. The summed E-state index contributed by atoms with van der Waals surface area (Å²) < 4.78 is 13.7. The van der Waals surface area contributed by atoms with E-state index in [-0.39, 0.29) is 11.9 Å². The molecule has 1 aliphatic heterocycles. The van der Waals surface area contributed by atoms with Crippen LogP contribution < -0.4 is 10.6 Å². The highest BCUT2D eigenvalue weighted by Gasteiger charge is 2.27. The van der Waals surface area contributed by atoms with E-state index in [0.29, 0.717) is 18.3 Å². The second-order valence-corrected chi connectivity index (χ2v) is 7.73. The van der Waals surface area contributed by atoms with Crippen LogP contribution in [0.5, 0.6) is 0 Å². The quantitative estimate of drug-likeness (QED) is 0.295. The molecule has 0 unspecified atom stereocenters. The van der Waals surface area contributed by atoms with Crippen LogP contribution >= 0.6 is 0 Å². The summed E-state index contributed by atoms with van der Waals surface area (Å²) in [5.74, 6) is 1.60. The molecule has 4 N–H and O–H groups in total. The summed E-state index contributed by atoms with van der Waals surface area (Å²) in [6.45, 7) is 3.99. The molecule has 0 spiro atoms. The lowest BCUT2D eigenvalue weighted by molar-refractivity contribution is 0.399. The molecule has 1 aliphatic rings. The predicted octanol–water partition coefficient (Wildman–Crippen LogP) is 4.18. The number of aromatic nitrogens is 3. The van der Waals surface area contributed by atoms with Gasteiger partial charge in [-0.2, -0.15) is 0 Å². The van der Waals surface area contributed by atoms with Crippen molar-refractivity contribution in [2.45, 2.75) is 25.8 Å². The molecule has 0 radical (unpaired) electrons. The fourth-order valence-electron chi connectivity index (χ4n) is 4.05. The minimum Gasteiger partial charge on any atom is -0.350 e. The number of imidazole rings is 1. The van der Waals surface area contributed by atoms with Gasteiger partial charge in [0.25, 0.3) is 0 Å². The maximum atomic E-state index is 13.7. The number of likely N-dealkylation sites (tertiary alicyclic amines) is 1. The van der Waals surface area contributed by atoms with Crippen molar-refractivity contribution < 1.29 is 4.39 Å². The molecule has 8 heteroatoms. The second kappa shape index (κ2) is 9.74. The van der Waals surface area contributed by atoms with Crippen molar-refractivity contribution in [1.29, 1.82) is 5.41 Å². The molecule has 7 nitrogen and oxygen atoms in total. The van der Waals surface area contributed by atoms with Gasteiger partial charge in [-0.3, -0.25) is 5.41 Å². The van der Waals surface area contributed by atoms with E-state index < -0.39 is 0 Å². The molecule has 3 heterocycles. The number of aromatic amines is 1. The lowest BCUT2D eigenvalue weighted by Crippen LogP contribution is -2.30. The van der Waals surface area contributed by atoms with Crippen LogP contribution in [0.3, 0.4) is 0 Å². The highest BCUT2D eigenvalue weighted by molar-refractivity contribution is 5.94. The van der Waals surface area contributed by atoms with Gasteiger partial charge in [0.05, 0.1) is 30.3 Å². The molecular weight excluding hydrogens is 405 g/mol. The summed E-state index contributed by atoms with van der Waals surface area (Å²) in [7, 11) is 0. The fourth-order valence-corrected chi connectivity index (χ4v) is 4.05. The van der Waals surface area contributed by atoms with E-state index >= 15 is 0 Å². The van der Waals surface area contributed by atoms with Gasteiger partial charge in [-0.25, -0.2) is 14.4 Å². The van der Waals surface area contributed by atoms with Crippen LogP contribution in [-0.4, -0.2) is 45.4 Å². The van der Waals surface area contributed by atoms with E-state index in [4.69, 9.17) is 11.1 Å². The number of nitrogens with zero attached hydrogens (tertiary/aromatic N) is 4. The van der Waals surface area contributed by atoms with Crippen molar-refractivity contribution in [3.63, 3.8) is 0 Å². The molecule has 0 saturated carbocycles. The highest BCUT2D eigenvalue weighted by atomic mass is 19.1. The Hall–Kier alpha value is -3.52. The molecular formula is C24H28FN7. The number of nitrogens with two attached hydrogens (primary N) is 1. The summed E-state index contributed by atoms with van der Waals surface area (Å²) >= 11 is 0. The summed E-state index contributed by atoms with van der Waals surface area (Å²) in [6, 6.07) is 12.5. The van der Waals surface area contributed by atoms with Gasteiger partial charge in [0.15, 0.2) is 0 Å². The summed E-state index contributed by atoms with van der Waals surface area (Å²) in [5.41, 5.74) is 8.28. The minimum absolute atomic E-state index is 0.0195. The van der Waals surface area contributed by atoms with Gasteiger partial charge in [-0.15, -0.1) is 0 Å². The van der Waals surface area contributed by atoms with E-state index in [1.54, 1.807) is 30.5 Å². The maximum absolute atomic E-state index is 13.7. The molecule has 0 aliphatic carbocycles. The molecule has 1 atom stereocenters. The largest absolute Gasteiger partial charge is 0.350 e. The Balaban J connectivity index is 1.47. The molecule has 3 aromatic rings. The number of halogens is 1. The predicted molar refractivity (Wildman–Crippen MR) is 126 cm³/mol. The van der Waals surface area contributed by atoms with Gasteiger partial charge < -0.3 is 20.5 Å². The second-order valence-electron chi connectivity index (χ2n) is 7.73. The zero-order chi connectivity index (χ0) is 22.5. The molecule has 1 aromatic carbocycles. The number of rotatable bonds is 7. The number of nitrogens with one attached hydrogen (secondary N) is 2. The molecule has 0 amide bonds. The van der Waals surface area contributed by atoms with Crippen LogP contribution in [0.4, 0.5) is 10.2 Å².